The van der Waals surface area contributed by atoms with Gasteiger partial charge in [0, 0.05) is 4.47 Å². The summed E-state index contributed by atoms with van der Waals surface area (Å²) in [6.45, 7) is 11.5. The van der Waals surface area contributed by atoms with Crippen molar-refractivity contribution in [1.29, 1.82) is 0 Å². The van der Waals surface area contributed by atoms with E-state index in [0.29, 0.717) is 6.16 Å². The molecule has 20 heavy (non-hydrogen) atoms. The SMILES string of the molecule is CC(C)(C)O[P+](O)(Cc1ccc(Br)cc1)OC(C)(C)C. The average Bonchev–Trinajstić information content (AvgIpc) is 2.15. The highest BCUT2D eigenvalue weighted by Gasteiger charge is 2.48. The van der Waals surface area contributed by atoms with Crippen LogP contribution in [0.4, 0.5) is 0 Å². The molecule has 0 aliphatic heterocycles. The monoisotopic (exact) mass is 363 g/mol. The highest BCUT2D eigenvalue weighted by atomic mass is 79.9. The van der Waals surface area contributed by atoms with Gasteiger partial charge in [0.1, 0.15) is 11.2 Å². The van der Waals surface area contributed by atoms with Gasteiger partial charge in [-0.1, -0.05) is 28.1 Å². The van der Waals surface area contributed by atoms with Crippen molar-refractivity contribution in [3.05, 3.63) is 34.3 Å². The second-order valence-electron chi connectivity index (χ2n) is 6.83. The van der Waals surface area contributed by atoms with Crippen LogP contribution < -0.4 is 0 Å². The van der Waals surface area contributed by atoms with Crippen molar-refractivity contribution in [1.82, 2.24) is 0 Å². The lowest BCUT2D eigenvalue weighted by Gasteiger charge is -2.29. The summed E-state index contributed by atoms with van der Waals surface area (Å²) < 4.78 is 12.7. The second kappa shape index (κ2) is 6.41. The van der Waals surface area contributed by atoms with Crippen molar-refractivity contribution >= 4 is 23.9 Å². The normalized spacial score (nSPS) is 13.6. The Balaban J connectivity index is 2.95. The fourth-order valence-corrected chi connectivity index (χ4v) is 4.57. The first-order valence-electron chi connectivity index (χ1n) is 6.65. The van der Waals surface area contributed by atoms with E-state index in [-0.39, 0.29) is 0 Å². The van der Waals surface area contributed by atoms with E-state index in [1.54, 1.807) is 0 Å². The van der Waals surface area contributed by atoms with Crippen LogP contribution in [-0.4, -0.2) is 16.1 Å². The van der Waals surface area contributed by atoms with Crippen LogP contribution in [0.1, 0.15) is 47.1 Å². The predicted octanol–water partition coefficient (Wildman–Crippen LogP) is 5.33. The summed E-state index contributed by atoms with van der Waals surface area (Å²) in [5.74, 6) is 0. The lowest BCUT2D eigenvalue weighted by molar-refractivity contribution is 0.0301. The molecular formula is C15H25BrO3P+. The molecule has 114 valence electrons. The van der Waals surface area contributed by atoms with Crippen molar-refractivity contribution in [3.8, 4) is 0 Å². The van der Waals surface area contributed by atoms with Gasteiger partial charge in [0.15, 0.2) is 6.16 Å². The number of benzene rings is 1. The van der Waals surface area contributed by atoms with Crippen molar-refractivity contribution in [2.45, 2.75) is 58.9 Å². The molecule has 0 radical (unpaired) electrons. The number of hydrogen-bond donors (Lipinski definition) is 1. The van der Waals surface area contributed by atoms with Gasteiger partial charge in [-0.05, 0) is 59.2 Å². The minimum absolute atomic E-state index is 0.384. The third-order valence-electron chi connectivity index (χ3n) is 2.13. The van der Waals surface area contributed by atoms with Gasteiger partial charge < -0.3 is 0 Å². The second-order valence-corrected chi connectivity index (χ2v) is 9.70. The molecule has 5 heteroatoms. The largest absolute Gasteiger partial charge is 0.414 e. The van der Waals surface area contributed by atoms with E-state index in [1.807, 2.05) is 65.8 Å². The van der Waals surface area contributed by atoms with Crippen LogP contribution in [0.5, 0.6) is 0 Å². The summed E-state index contributed by atoms with van der Waals surface area (Å²) in [6, 6.07) is 7.84. The average molecular weight is 364 g/mol. The fourth-order valence-electron chi connectivity index (χ4n) is 1.76. The highest BCUT2D eigenvalue weighted by molar-refractivity contribution is 9.10. The molecule has 1 aromatic rings. The van der Waals surface area contributed by atoms with Crippen LogP contribution in [0.25, 0.3) is 0 Å². The third-order valence-corrected chi connectivity index (χ3v) is 5.09. The molecule has 1 rings (SSSR count). The summed E-state index contributed by atoms with van der Waals surface area (Å²) in [7, 11) is -2.96. The molecule has 0 saturated carbocycles. The van der Waals surface area contributed by atoms with E-state index in [4.69, 9.17) is 9.05 Å². The van der Waals surface area contributed by atoms with Crippen LogP contribution in [0.2, 0.25) is 0 Å². The molecule has 0 aliphatic carbocycles. The Morgan fingerprint density at radius 2 is 1.35 bits per heavy atom. The smallest absolute Gasteiger partial charge is 0.192 e. The zero-order chi connectivity index (χ0) is 15.6. The van der Waals surface area contributed by atoms with Gasteiger partial charge in [-0.25, -0.2) is 0 Å². The molecule has 0 bridgehead atoms. The van der Waals surface area contributed by atoms with Crippen LogP contribution >= 0.6 is 23.9 Å². The van der Waals surface area contributed by atoms with Crippen molar-refractivity contribution in [3.63, 3.8) is 0 Å². The molecule has 0 atom stereocenters. The summed E-state index contributed by atoms with van der Waals surface area (Å²) in [6.07, 6.45) is 0.384. The van der Waals surface area contributed by atoms with E-state index >= 15 is 0 Å². The van der Waals surface area contributed by atoms with Gasteiger partial charge in [-0.15, -0.1) is 0 Å². The number of rotatable bonds is 4. The van der Waals surface area contributed by atoms with Crippen molar-refractivity contribution in [2.24, 2.45) is 0 Å². The molecule has 0 spiro atoms. The topological polar surface area (TPSA) is 38.7 Å². The van der Waals surface area contributed by atoms with Gasteiger partial charge in [-0.2, -0.15) is 13.9 Å². The third kappa shape index (κ3) is 7.14. The Morgan fingerprint density at radius 3 is 1.70 bits per heavy atom. The molecular weight excluding hydrogens is 339 g/mol. The molecule has 0 aromatic heterocycles. The van der Waals surface area contributed by atoms with E-state index in [2.05, 4.69) is 15.9 Å². The summed E-state index contributed by atoms with van der Waals surface area (Å²) >= 11 is 3.41. The fraction of sp³-hybridized carbons (Fsp3) is 0.600. The Labute approximate surface area is 131 Å². The maximum atomic E-state index is 10.9. The van der Waals surface area contributed by atoms with Gasteiger partial charge in [0.2, 0.25) is 0 Å². The van der Waals surface area contributed by atoms with E-state index < -0.39 is 19.1 Å². The summed E-state index contributed by atoms with van der Waals surface area (Å²) in [5, 5.41) is 0. The molecule has 0 unspecified atom stereocenters. The van der Waals surface area contributed by atoms with Crippen LogP contribution in [0.3, 0.4) is 0 Å². The minimum Gasteiger partial charge on any atom is -0.192 e. The predicted molar refractivity (Wildman–Crippen MR) is 88.7 cm³/mol. The van der Waals surface area contributed by atoms with Gasteiger partial charge in [-0.3, -0.25) is 0 Å². The van der Waals surface area contributed by atoms with Gasteiger partial charge in [0.05, 0.1) is 0 Å². The molecule has 0 aliphatic rings. The van der Waals surface area contributed by atoms with E-state index in [1.165, 1.54) is 0 Å². The first kappa shape index (κ1) is 18.1. The number of halogens is 1. The molecule has 0 fully saturated rings. The van der Waals surface area contributed by atoms with E-state index in [9.17, 15) is 4.89 Å². The summed E-state index contributed by atoms with van der Waals surface area (Å²) in [5.41, 5.74) is 0.0873. The minimum atomic E-state index is -2.96. The first-order valence-corrected chi connectivity index (χ1v) is 9.21. The first-order chi connectivity index (χ1) is 8.89. The Hall–Kier alpha value is 0.01000. The van der Waals surface area contributed by atoms with Crippen LogP contribution in [0, 0.1) is 0 Å². The molecule has 0 heterocycles. The summed E-state index contributed by atoms with van der Waals surface area (Å²) in [4.78, 5) is 10.9. The zero-order valence-corrected chi connectivity index (χ0v) is 15.6. The number of hydrogen-bond acceptors (Lipinski definition) is 3. The standard InChI is InChI=1S/C15H25BrO3P/c1-14(2,3)18-20(17,19-15(4,5)6)11-12-7-9-13(16)10-8-12/h7-10,17H,11H2,1-6H3/q+1. The lowest BCUT2D eigenvalue weighted by Crippen LogP contribution is -2.27. The van der Waals surface area contributed by atoms with Crippen LogP contribution in [-0.2, 0) is 15.2 Å². The van der Waals surface area contributed by atoms with Crippen molar-refractivity contribution in [2.75, 3.05) is 0 Å². The Bertz CT molecular complexity index is 416. The van der Waals surface area contributed by atoms with Gasteiger partial charge in [0.25, 0.3) is 0 Å². The molecule has 1 N–H and O–H groups in total. The lowest BCUT2D eigenvalue weighted by atomic mass is 10.2. The van der Waals surface area contributed by atoms with Crippen molar-refractivity contribution < 1.29 is 13.9 Å². The molecule has 0 amide bonds. The zero-order valence-electron chi connectivity index (χ0n) is 13.1. The molecule has 0 saturated heterocycles. The van der Waals surface area contributed by atoms with Crippen LogP contribution in [0.15, 0.2) is 28.7 Å². The molecule has 3 nitrogen and oxygen atoms in total. The maximum Gasteiger partial charge on any atom is 0.414 e. The molecule has 1 aromatic carbocycles. The highest BCUT2D eigenvalue weighted by Crippen LogP contribution is 2.64. The van der Waals surface area contributed by atoms with E-state index in [0.717, 1.165) is 10.0 Å². The quantitative estimate of drug-likeness (QED) is 0.734. The Kier molecular flexibility index (Phi) is 5.79. The Morgan fingerprint density at radius 1 is 0.950 bits per heavy atom. The maximum absolute atomic E-state index is 10.9. The van der Waals surface area contributed by atoms with Gasteiger partial charge >= 0.3 is 7.94 Å².